The molecule has 0 amide bonds. The Hall–Kier alpha value is -7.42. The molecule has 2 nitrogen and oxygen atoms in total. The molecule has 1 heterocycles. The van der Waals surface area contributed by atoms with Crippen molar-refractivity contribution in [2.75, 3.05) is 4.90 Å². The van der Waals surface area contributed by atoms with Gasteiger partial charge in [0.2, 0.25) is 0 Å². The summed E-state index contributed by atoms with van der Waals surface area (Å²) in [5, 5.41) is 2.51. The van der Waals surface area contributed by atoms with Gasteiger partial charge in [0.05, 0.1) is 16.7 Å². The Morgan fingerprint density at radius 3 is 1.14 bits per heavy atom. The highest BCUT2D eigenvalue weighted by Gasteiger charge is 2.17. The predicted molar refractivity (Wildman–Crippen MR) is 237 cm³/mol. The van der Waals surface area contributed by atoms with Crippen molar-refractivity contribution in [1.82, 2.24) is 4.57 Å². The van der Waals surface area contributed by atoms with Crippen molar-refractivity contribution in [2.24, 2.45) is 0 Å². The van der Waals surface area contributed by atoms with E-state index in [0.717, 1.165) is 28.3 Å². The van der Waals surface area contributed by atoms with Crippen LogP contribution in [0.4, 0.5) is 17.1 Å². The molecule has 0 fully saturated rings. The molecule has 0 unspecified atom stereocenters. The summed E-state index contributed by atoms with van der Waals surface area (Å²) in [6, 6.07) is 82.9. The van der Waals surface area contributed by atoms with Gasteiger partial charge in [-0.25, -0.2) is 0 Å². The van der Waals surface area contributed by atoms with Crippen LogP contribution in [0.2, 0.25) is 0 Å². The summed E-state index contributed by atoms with van der Waals surface area (Å²) >= 11 is 0. The maximum atomic E-state index is 2.43. The number of aromatic nitrogens is 1. The minimum atomic E-state index is 1.10. The zero-order valence-corrected chi connectivity index (χ0v) is 30.8. The Kier molecular flexibility index (Phi) is 8.55. The summed E-state index contributed by atoms with van der Waals surface area (Å²) in [6.45, 7) is 0. The van der Waals surface area contributed by atoms with Crippen molar-refractivity contribution in [3.05, 3.63) is 231 Å². The lowest BCUT2D eigenvalue weighted by Crippen LogP contribution is -2.09. The summed E-state index contributed by atoms with van der Waals surface area (Å²) in [7, 11) is 0. The first-order valence-electron chi connectivity index (χ1n) is 19.2. The lowest BCUT2D eigenvalue weighted by Gasteiger charge is -2.26. The highest BCUT2D eigenvalue weighted by Crippen LogP contribution is 2.40. The van der Waals surface area contributed by atoms with Gasteiger partial charge < -0.3 is 9.47 Å². The SMILES string of the molecule is c1ccc(-c2ccc(-c3ccc(N(c4ccccc4)c4ccc(-c5ccc(-c6ccccc6)c(-n6c7ccccc7c7ccccc76)c5)cc4)cc3)cc2)cc1. The molecule has 0 saturated carbocycles. The third-order valence-electron chi connectivity index (χ3n) is 10.8. The molecule has 0 spiro atoms. The van der Waals surface area contributed by atoms with Crippen LogP contribution in [-0.2, 0) is 0 Å². The number of anilines is 3. The molecule has 56 heavy (non-hydrogen) atoms. The van der Waals surface area contributed by atoms with Crippen LogP contribution in [-0.4, -0.2) is 4.57 Å². The summed E-state index contributed by atoms with van der Waals surface area (Å²) in [5.41, 5.74) is 16.4. The Labute approximate surface area is 327 Å². The summed E-state index contributed by atoms with van der Waals surface area (Å²) in [4.78, 5) is 2.33. The quantitative estimate of drug-likeness (QED) is 0.152. The maximum absolute atomic E-state index is 2.43. The van der Waals surface area contributed by atoms with E-state index in [9.17, 15) is 0 Å². The van der Waals surface area contributed by atoms with Gasteiger partial charge in [0.15, 0.2) is 0 Å². The second-order valence-electron chi connectivity index (χ2n) is 14.2. The van der Waals surface area contributed by atoms with Gasteiger partial charge in [-0.15, -0.1) is 0 Å². The van der Waals surface area contributed by atoms with Crippen LogP contribution in [0, 0.1) is 0 Å². The van der Waals surface area contributed by atoms with Gasteiger partial charge in [-0.3, -0.25) is 0 Å². The van der Waals surface area contributed by atoms with Crippen LogP contribution in [0.5, 0.6) is 0 Å². The molecule has 10 aromatic rings. The van der Waals surface area contributed by atoms with E-state index in [1.165, 1.54) is 60.8 Å². The first-order valence-corrected chi connectivity index (χ1v) is 19.2. The fraction of sp³-hybridized carbons (Fsp3) is 0. The van der Waals surface area contributed by atoms with E-state index in [2.05, 4.69) is 240 Å². The standard InChI is InChI=1S/C54H38N2/c1-4-14-39(15-5-1)40-24-26-41(27-25-40)42-28-33-47(34-29-42)55(46-18-8-3-9-19-46)48-35-30-43(31-36-48)45-32-37-49(44-16-6-2-7-17-44)54(38-45)56-52-22-12-10-20-50(52)51-21-11-13-23-53(51)56/h1-38H. The van der Waals surface area contributed by atoms with Crippen LogP contribution in [0.1, 0.15) is 0 Å². The van der Waals surface area contributed by atoms with Crippen molar-refractivity contribution in [3.63, 3.8) is 0 Å². The molecule has 0 aliphatic carbocycles. The van der Waals surface area contributed by atoms with Crippen LogP contribution in [0.3, 0.4) is 0 Å². The van der Waals surface area contributed by atoms with Crippen molar-refractivity contribution in [2.45, 2.75) is 0 Å². The molecule has 10 rings (SSSR count). The Bertz CT molecular complexity index is 2860. The average Bonchev–Trinajstić information content (AvgIpc) is 3.62. The number of hydrogen-bond acceptors (Lipinski definition) is 1. The lowest BCUT2D eigenvalue weighted by molar-refractivity contribution is 1.18. The van der Waals surface area contributed by atoms with Gasteiger partial charge in [0.25, 0.3) is 0 Å². The molecule has 0 N–H and O–H groups in total. The van der Waals surface area contributed by atoms with Crippen LogP contribution in [0.25, 0.3) is 72.0 Å². The van der Waals surface area contributed by atoms with E-state index in [4.69, 9.17) is 0 Å². The van der Waals surface area contributed by atoms with Crippen molar-refractivity contribution in [3.8, 4) is 50.2 Å². The average molecular weight is 715 g/mol. The Balaban J connectivity index is 1.02. The van der Waals surface area contributed by atoms with E-state index in [1.54, 1.807) is 0 Å². The minimum absolute atomic E-state index is 1.10. The molecule has 0 aliphatic rings. The molecule has 9 aromatic carbocycles. The van der Waals surface area contributed by atoms with Gasteiger partial charge in [0.1, 0.15) is 0 Å². The number of fused-ring (bicyclic) bond motifs is 3. The predicted octanol–water partition coefficient (Wildman–Crippen LogP) is 14.9. The van der Waals surface area contributed by atoms with Crippen LogP contribution in [0.15, 0.2) is 231 Å². The minimum Gasteiger partial charge on any atom is -0.311 e. The van der Waals surface area contributed by atoms with Gasteiger partial charge in [-0.2, -0.15) is 0 Å². The second-order valence-corrected chi connectivity index (χ2v) is 14.2. The Morgan fingerprint density at radius 1 is 0.268 bits per heavy atom. The highest BCUT2D eigenvalue weighted by atomic mass is 15.1. The number of nitrogens with zero attached hydrogens (tertiary/aromatic N) is 2. The number of para-hydroxylation sites is 3. The first kappa shape index (κ1) is 33.2. The molecule has 0 bridgehead atoms. The normalized spacial score (nSPS) is 11.2. The van der Waals surface area contributed by atoms with Crippen LogP contribution < -0.4 is 4.90 Å². The summed E-state index contributed by atoms with van der Waals surface area (Å²) < 4.78 is 2.43. The molecular weight excluding hydrogens is 677 g/mol. The number of rotatable bonds is 8. The molecular formula is C54H38N2. The van der Waals surface area contributed by atoms with E-state index in [0.29, 0.717) is 0 Å². The zero-order valence-electron chi connectivity index (χ0n) is 30.8. The first-order chi connectivity index (χ1) is 27.8. The monoisotopic (exact) mass is 714 g/mol. The van der Waals surface area contributed by atoms with Crippen molar-refractivity contribution in [1.29, 1.82) is 0 Å². The zero-order chi connectivity index (χ0) is 37.3. The van der Waals surface area contributed by atoms with Gasteiger partial charge in [-0.1, -0.05) is 176 Å². The van der Waals surface area contributed by atoms with E-state index < -0.39 is 0 Å². The largest absolute Gasteiger partial charge is 0.311 e. The molecule has 0 saturated heterocycles. The molecule has 2 heteroatoms. The van der Waals surface area contributed by atoms with Crippen molar-refractivity contribution >= 4 is 38.9 Å². The smallest absolute Gasteiger partial charge is 0.0546 e. The molecule has 1 aromatic heterocycles. The lowest BCUT2D eigenvalue weighted by atomic mass is 9.97. The summed E-state index contributed by atoms with van der Waals surface area (Å²) in [5.74, 6) is 0. The Morgan fingerprint density at radius 2 is 0.625 bits per heavy atom. The van der Waals surface area contributed by atoms with Gasteiger partial charge in [0, 0.05) is 33.4 Å². The fourth-order valence-corrected chi connectivity index (χ4v) is 8.06. The number of hydrogen-bond donors (Lipinski definition) is 0. The van der Waals surface area contributed by atoms with Crippen molar-refractivity contribution < 1.29 is 0 Å². The molecule has 0 aliphatic heterocycles. The number of benzene rings is 9. The highest BCUT2D eigenvalue weighted by molar-refractivity contribution is 6.10. The maximum Gasteiger partial charge on any atom is 0.0546 e. The summed E-state index contributed by atoms with van der Waals surface area (Å²) in [6.07, 6.45) is 0. The van der Waals surface area contributed by atoms with Crippen LogP contribution >= 0.6 is 0 Å². The second kappa shape index (κ2) is 14.4. The molecule has 264 valence electrons. The third-order valence-corrected chi connectivity index (χ3v) is 10.8. The van der Waals surface area contributed by atoms with Gasteiger partial charge in [-0.05, 0) is 93.5 Å². The van der Waals surface area contributed by atoms with E-state index in [1.807, 2.05) is 0 Å². The van der Waals surface area contributed by atoms with E-state index in [-0.39, 0.29) is 0 Å². The fourth-order valence-electron chi connectivity index (χ4n) is 8.06. The van der Waals surface area contributed by atoms with Gasteiger partial charge >= 0.3 is 0 Å². The third kappa shape index (κ3) is 6.14. The molecule has 0 radical (unpaired) electrons. The topological polar surface area (TPSA) is 8.17 Å². The molecule has 0 atom stereocenters. The van der Waals surface area contributed by atoms with E-state index >= 15 is 0 Å².